The van der Waals surface area contributed by atoms with Gasteiger partial charge in [-0.2, -0.15) is 0 Å². The van der Waals surface area contributed by atoms with Crippen molar-refractivity contribution in [2.24, 2.45) is 0 Å². The van der Waals surface area contributed by atoms with Crippen molar-refractivity contribution < 1.29 is 14.4 Å². The Balaban J connectivity index is 1.39. The fourth-order valence-electron chi connectivity index (χ4n) is 3.34. The maximum atomic E-state index is 11.2. The molecular weight excluding hydrogens is 336 g/mol. The van der Waals surface area contributed by atoms with E-state index in [1.54, 1.807) is 12.3 Å². The number of nitro groups is 1. The van der Waals surface area contributed by atoms with Gasteiger partial charge in [0, 0.05) is 45.0 Å². The summed E-state index contributed by atoms with van der Waals surface area (Å²) in [6, 6.07) is 9.15. The summed E-state index contributed by atoms with van der Waals surface area (Å²) < 4.78 is 11.2. The van der Waals surface area contributed by atoms with Gasteiger partial charge in [-0.05, 0) is 23.8 Å². The molecule has 4 rings (SSSR count). The lowest BCUT2D eigenvalue weighted by Gasteiger charge is -2.35. The van der Waals surface area contributed by atoms with E-state index in [4.69, 9.17) is 9.47 Å². The molecule has 3 heterocycles. The Bertz CT molecular complexity index is 806. The van der Waals surface area contributed by atoms with Crippen molar-refractivity contribution in [3.63, 3.8) is 0 Å². The van der Waals surface area contributed by atoms with Crippen LogP contribution in [-0.4, -0.2) is 54.2 Å². The van der Waals surface area contributed by atoms with Gasteiger partial charge in [0.25, 0.3) is 0 Å². The van der Waals surface area contributed by atoms with Crippen LogP contribution >= 0.6 is 0 Å². The lowest BCUT2D eigenvalue weighted by molar-refractivity contribution is -0.384. The smallest absolute Gasteiger partial charge is 0.311 e. The van der Waals surface area contributed by atoms with E-state index >= 15 is 0 Å². The van der Waals surface area contributed by atoms with Crippen molar-refractivity contribution in [3.8, 4) is 11.5 Å². The number of rotatable bonds is 4. The fraction of sp³-hybridized carbons (Fsp3) is 0.389. The Morgan fingerprint density at radius 3 is 2.62 bits per heavy atom. The molecule has 0 radical (unpaired) electrons. The highest BCUT2D eigenvalue weighted by molar-refractivity contribution is 5.57. The molecule has 0 amide bonds. The minimum Gasteiger partial charge on any atom is -0.486 e. The van der Waals surface area contributed by atoms with Crippen molar-refractivity contribution >= 4 is 11.5 Å². The topological polar surface area (TPSA) is 81.0 Å². The van der Waals surface area contributed by atoms with Crippen LogP contribution in [-0.2, 0) is 6.54 Å². The minimum absolute atomic E-state index is 0.0628. The molecule has 8 heteroatoms. The van der Waals surface area contributed by atoms with Crippen LogP contribution in [0.5, 0.6) is 11.5 Å². The number of fused-ring (bicyclic) bond motifs is 1. The number of benzene rings is 1. The highest BCUT2D eigenvalue weighted by Gasteiger charge is 2.24. The first-order valence-electron chi connectivity index (χ1n) is 8.66. The molecule has 0 spiro atoms. The van der Waals surface area contributed by atoms with Crippen molar-refractivity contribution in [3.05, 3.63) is 52.2 Å². The zero-order chi connectivity index (χ0) is 17.9. The van der Waals surface area contributed by atoms with Crippen molar-refractivity contribution in [2.45, 2.75) is 6.54 Å². The van der Waals surface area contributed by atoms with E-state index in [1.807, 2.05) is 17.0 Å². The molecule has 0 saturated carbocycles. The monoisotopic (exact) mass is 356 g/mol. The summed E-state index contributed by atoms with van der Waals surface area (Å²) in [5.74, 6) is 2.06. The average molecular weight is 356 g/mol. The second-order valence-corrected chi connectivity index (χ2v) is 6.34. The largest absolute Gasteiger partial charge is 0.486 e. The third kappa shape index (κ3) is 3.41. The van der Waals surface area contributed by atoms with Crippen LogP contribution in [0.15, 0.2) is 36.5 Å². The summed E-state index contributed by atoms with van der Waals surface area (Å²) in [7, 11) is 0. The highest BCUT2D eigenvalue weighted by atomic mass is 16.6. The molecule has 2 aliphatic heterocycles. The first kappa shape index (κ1) is 16.6. The summed E-state index contributed by atoms with van der Waals surface area (Å²) in [6.07, 6.45) is 1.60. The van der Waals surface area contributed by atoms with Crippen LogP contribution in [0.2, 0.25) is 0 Å². The van der Waals surface area contributed by atoms with Gasteiger partial charge < -0.3 is 14.4 Å². The van der Waals surface area contributed by atoms with E-state index in [1.165, 1.54) is 11.6 Å². The zero-order valence-electron chi connectivity index (χ0n) is 14.3. The average Bonchev–Trinajstić information content (AvgIpc) is 2.68. The Labute approximate surface area is 151 Å². The van der Waals surface area contributed by atoms with Crippen molar-refractivity contribution in [1.29, 1.82) is 0 Å². The van der Waals surface area contributed by atoms with Crippen LogP contribution < -0.4 is 14.4 Å². The Morgan fingerprint density at radius 2 is 1.85 bits per heavy atom. The molecule has 0 unspecified atom stereocenters. The van der Waals surface area contributed by atoms with Gasteiger partial charge in [-0.3, -0.25) is 15.0 Å². The molecule has 0 aliphatic carbocycles. The number of pyridine rings is 1. The van der Waals surface area contributed by atoms with E-state index < -0.39 is 0 Å². The summed E-state index contributed by atoms with van der Waals surface area (Å²) in [5, 5.41) is 11.2. The van der Waals surface area contributed by atoms with Gasteiger partial charge in [-0.1, -0.05) is 6.07 Å². The van der Waals surface area contributed by atoms with E-state index in [-0.39, 0.29) is 10.6 Å². The quantitative estimate of drug-likeness (QED) is 0.613. The molecule has 8 nitrogen and oxygen atoms in total. The molecule has 1 aromatic heterocycles. The Hall–Kier alpha value is -2.87. The first-order chi connectivity index (χ1) is 12.7. The Morgan fingerprint density at radius 1 is 1.08 bits per heavy atom. The van der Waals surface area contributed by atoms with E-state index in [2.05, 4.69) is 16.0 Å². The predicted molar refractivity (Wildman–Crippen MR) is 95.8 cm³/mol. The minimum atomic E-state index is -0.371. The summed E-state index contributed by atoms with van der Waals surface area (Å²) in [5.41, 5.74) is 1.24. The third-order valence-corrected chi connectivity index (χ3v) is 4.65. The maximum Gasteiger partial charge on any atom is 0.311 e. The molecule has 1 aromatic carbocycles. The molecular formula is C18H20N4O4. The standard InChI is InChI=1S/C18H20N4O4/c23-22(24)15-2-1-5-19-18(15)21-8-6-20(7-9-21)13-14-3-4-16-17(12-14)26-11-10-25-16/h1-5,12H,6-11,13H2. The predicted octanol–water partition coefficient (Wildman–Crippen LogP) is 2.08. The van der Waals surface area contributed by atoms with Gasteiger partial charge in [0.2, 0.25) is 5.82 Å². The number of hydrogen-bond acceptors (Lipinski definition) is 7. The molecule has 0 N–H and O–H groups in total. The van der Waals surface area contributed by atoms with E-state index in [0.717, 1.165) is 31.1 Å². The van der Waals surface area contributed by atoms with Crippen molar-refractivity contribution in [1.82, 2.24) is 9.88 Å². The number of aromatic nitrogens is 1. The van der Waals surface area contributed by atoms with Crippen LogP contribution in [0.4, 0.5) is 11.5 Å². The third-order valence-electron chi connectivity index (χ3n) is 4.65. The summed E-state index contributed by atoms with van der Waals surface area (Å²) >= 11 is 0. The SMILES string of the molecule is O=[N+]([O-])c1cccnc1N1CCN(Cc2ccc3c(c2)OCCO3)CC1. The molecule has 0 bridgehead atoms. The van der Waals surface area contributed by atoms with Gasteiger partial charge in [0.15, 0.2) is 11.5 Å². The van der Waals surface area contributed by atoms with Crippen LogP contribution in [0.3, 0.4) is 0 Å². The molecule has 1 saturated heterocycles. The number of anilines is 1. The second-order valence-electron chi connectivity index (χ2n) is 6.34. The van der Waals surface area contributed by atoms with Crippen LogP contribution in [0, 0.1) is 10.1 Å². The number of nitrogens with zero attached hydrogens (tertiary/aromatic N) is 4. The molecule has 1 fully saturated rings. The Kier molecular flexibility index (Phi) is 4.57. The van der Waals surface area contributed by atoms with Gasteiger partial charge in [-0.15, -0.1) is 0 Å². The molecule has 2 aliphatic rings. The van der Waals surface area contributed by atoms with Gasteiger partial charge >= 0.3 is 5.69 Å². The maximum absolute atomic E-state index is 11.2. The lowest BCUT2D eigenvalue weighted by atomic mass is 10.1. The van der Waals surface area contributed by atoms with E-state index in [9.17, 15) is 10.1 Å². The molecule has 0 atom stereocenters. The highest BCUT2D eigenvalue weighted by Crippen LogP contribution is 2.31. The summed E-state index contributed by atoms with van der Waals surface area (Å²) in [4.78, 5) is 19.4. The summed E-state index contributed by atoms with van der Waals surface area (Å²) in [6.45, 7) is 5.05. The number of ether oxygens (including phenoxy) is 2. The fourth-order valence-corrected chi connectivity index (χ4v) is 3.34. The first-order valence-corrected chi connectivity index (χ1v) is 8.66. The number of piperazine rings is 1. The second kappa shape index (κ2) is 7.17. The van der Waals surface area contributed by atoms with E-state index in [0.29, 0.717) is 32.1 Å². The normalized spacial score (nSPS) is 17.2. The van der Waals surface area contributed by atoms with Crippen LogP contribution in [0.1, 0.15) is 5.56 Å². The van der Waals surface area contributed by atoms with Gasteiger partial charge in [0.1, 0.15) is 13.2 Å². The molecule has 136 valence electrons. The van der Waals surface area contributed by atoms with Gasteiger partial charge in [-0.25, -0.2) is 4.98 Å². The zero-order valence-corrected chi connectivity index (χ0v) is 14.3. The molecule has 26 heavy (non-hydrogen) atoms. The van der Waals surface area contributed by atoms with Crippen molar-refractivity contribution in [2.75, 3.05) is 44.3 Å². The van der Waals surface area contributed by atoms with Crippen LogP contribution in [0.25, 0.3) is 0 Å². The number of hydrogen-bond donors (Lipinski definition) is 0. The molecule has 2 aromatic rings. The lowest BCUT2D eigenvalue weighted by Crippen LogP contribution is -2.46. The van der Waals surface area contributed by atoms with Gasteiger partial charge in [0.05, 0.1) is 4.92 Å².